The summed E-state index contributed by atoms with van der Waals surface area (Å²) in [6.45, 7) is 1.68. The highest BCUT2D eigenvalue weighted by atomic mass is 35.5. The molecular weight excluding hydrogens is 433 g/mol. The molecule has 2 amide bonds. The number of benzene rings is 2. The molecule has 1 N–H and O–H groups in total. The fourth-order valence-electron chi connectivity index (χ4n) is 2.98. The van der Waals surface area contributed by atoms with Crippen LogP contribution in [0.3, 0.4) is 0 Å². The molecule has 0 radical (unpaired) electrons. The van der Waals surface area contributed by atoms with E-state index in [2.05, 4.69) is 10.3 Å². The van der Waals surface area contributed by atoms with E-state index in [1.54, 1.807) is 61.7 Å². The van der Waals surface area contributed by atoms with Crippen molar-refractivity contribution in [3.63, 3.8) is 0 Å². The zero-order chi connectivity index (χ0) is 22.9. The number of carbonyl (C=O) groups excluding carboxylic acids is 2. The highest BCUT2D eigenvalue weighted by molar-refractivity contribution is 6.32. The molecule has 0 spiro atoms. The van der Waals surface area contributed by atoms with Gasteiger partial charge in [-0.2, -0.15) is 0 Å². The number of nitrogens with zero attached hydrogens (tertiary/aromatic N) is 2. The second kappa shape index (κ2) is 11.2. The Balaban J connectivity index is 1.71. The average Bonchev–Trinajstić information content (AvgIpc) is 2.81. The van der Waals surface area contributed by atoms with E-state index < -0.39 is 11.9 Å². The third kappa shape index (κ3) is 6.52. The lowest BCUT2D eigenvalue weighted by Gasteiger charge is -2.28. The Bertz CT molecular complexity index is 1050. The Morgan fingerprint density at radius 1 is 1.09 bits per heavy atom. The second-order valence-electron chi connectivity index (χ2n) is 7.08. The molecule has 32 heavy (non-hydrogen) atoms. The molecule has 0 saturated carbocycles. The summed E-state index contributed by atoms with van der Waals surface area (Å²) in [5.74, 6) is -0.759. The van der Waals surface area contributed by atoms with Crippen molar-refractivity contribution in [2.45, 2.75) is 26.1 Å². The number of rotatable bonds is 9. The molecule has 1 heterocycles. The molecule has 1 aromatic heterocycles. The number of nitrogens with one attached hydrogen (secondary N) is 1. The number of hydrogen-bond acceptors (Lipinski definition) is 4. The van der Waals surface area contributed by atoms with Gasteiger partial charge < -0.3 is 15.0 Å². The van der Waals surface area contributed by atoms with E-state index in [0.29, 0.717) is 22.0 Å². The highest BCUT2D eigenvalue weighted by Crippen LogP contribution is 2.23. The van der Waals surface area contributed by atoms with Crippen molar-refractivity contribution in [1.29, 1.82) is 0 Å². The maximum atomic E-state index is 13.3. The summed E-state index contributed by atoms with van der Waals surface area (Å²) in [6.07, 6.45) is 1.64. The van der Waals surface area contributed by atoms with Gasteiger partial charge in [0.1, 0.15) is 17.6 Å². The smallest absolute Gasteiger partial charge is 0.261 e. The van der Waals surface area contributed by atoms with Gasteiger partial charge in [0, 0.05) is 12.7 Å². The molecule has 6 nitrogen and oxygen atoms in total. The molecule has 0 aliphatic rings. The van der Waals surface area contributed by atoms with Crippen LogP contribution in [0.25, 0.3) is 0 Å². The Labute approximate surface area is 191 Å². The lowest BCUT2D eigenvalue weighted by molar-refractivity contribution is -0.142. The number of halogens is 2. The van der Waals surface area contributed by atoms with Gasteiger partial charge in [-0.15, -0.1) is 0 Å². The van der Waals surface area contributed by atoms with E-state index in [-0.39, 0.29) is 31.4 Å². The number of carbonyl (C=O) groups is 2. The summed E-state index contributed by atoms with van der Waals surface area (Å²) >= 11 is 6.09. The molecule has 2 aromatic carbocycles. The lowest BCUT2D eigenvalue weighted by Crippen LogP contribution is -2.48. The van der Waals surface area contributed by atoms with Crippen LogP contribution in [0.15, 0.2) is 72.9 Å². The van der Waals surface area contributed by atoms with E-state index in [0.717, 1.165) is 0 Å². The van der Waals surface area contributed by atoms with Gasteiger partial charge in [-0.3, -0.25) is 14.6 Å². The second-order valence-corrected chi connectivity index (χ2v) is 7.49. The number of pyridine rings is 1. The van der Waals surface area contributed by atoms with E-state index in [4.69, 9.17) is 16.3 Å². The number of para-hydroxylation sites is 1. The van der Waals surface area contributed by atoms with Gasteiger partial charge in [-0.25, -0.2) is 4.39 Å². The number of amides is 2. The van der Waals surface area contributed by atoms with Gasteiger partial charge in [0.25, 0.3) is 5.91 Å². The predicted octanol–water partition coefficient (Wildman–Crippen LogP) is 3.99. The maximum absolute atomic E-state index is 13.3. The first-order valence-corrected chi connectivity index (χ1v) is 10.4. The number of ether oxygens (including phenoxy) is 1. The van der Waals surface area contributed by atoms with Crippen LogP contribution < -0.4 is 10.1 Å². The van der Waals surface area contributed by atoms with Crippen LogP contribution in [0, 0.1) is 5.82 Å². The molecule has 8 heteroatoms. The van der Waals surface area contributed by atoms with Crippen LogP contribution in [0.4, 0.5) is 4.39 Å². The molecule has 0 bridgehead atoms. The first-order chi connectivity index (χ1) is 15.4. The van der Waals surface area contributed by atoms with Gasteiger partial charge in [0.05, 0.1) is 17.3 Å². The Morgan fingerprint density at radius 2 is 1.81 bits per heavy atom. The lowest BCUT2D eigenvalue weighted by atomic mass is 10.1. The maximum Gasteiger partial charge on any atom is 0.261 e. The minimum absolute atomic E-state index is 0.114. The van der Waals surface area contributed by atoms with E-state index >= 15 is 0 Å². The van der Waals surface area contributed by atoms with E-state index in [9.17, 15) is 14.0 Å². The third-order valence-corrected chi connectivity index (χ3v) is 5.10. The third-order valence-electron chi connectivity index (χ3n) is 4.79. The largest absolute Gasteiger partial charge is 0.482 e. The minimum atomic E-state index is -0.800. The topological polar surface area (TPSA) is 71.5 Å². The van der Waals surface area contributed by atoms with Crippen molar-refractivity contribution < 1.29 is 18.7 Å². The van der Waals surface area contributed by atoms with Gasteiger partial charge in [0.2, 0.25) is 5.91 Å². The van der Waals surface area contributed by atoms with Crippen molar-refractivity contribution in [3.05, 3.63) is 95.0 Å². The van der Waals surface area contributed by atoms with Gasteiger partial charge in [-0.05, 0) is 48.9 Å². The summed E-state index contributed by atoms with van der Waals surface area (Å²) in [5.41, 5.74) is 1.38. The first-order valence-electron chi connectivity index (χ1n) is 10.0. The van der Waals surface area contributed by atoms with Gasteiger partial charge in [-0.1, -0.05) is 41.9 Å². The fourth-order valence-corrected chi connectivity index (χ4v) is 3.17. The monoisotopic (exact) mass is 455 g/mol. The molecule has 1 atom stereocenters. The summed E-state index contributed by atoms with van der Waals surface area (Å²) < 4.78 is 18.9. The highest BCUT2D eigenvalue weighted by Gasteiger charge is 2.26. The number of aromatic nitrogens is 1. The molecule has 1 unspecified atom stereocenters. The van der Waals surface area contributed by atoms with Crippen molar-refractivity contribution in [2.24, 2.45) is 0 Å². The first kappa shape index (κ1) is 23.2. The quantitative estimate of drug-likeness (QED) is 0.529. The van der Waals surface area contributed by atoms with Crippen LogP contribution in [0.5, 0.6) is 5.75 Å². The molecule has 0 aliphatic heterocycles. The van der Waals surface area contributed by atoms with Crippen LogP contribution >= 0.6 is 11.6 Å². The molecule has 0 saturated heterocycles. The molecule has 166 valence electrons. The SMILES string of the molecule is CC(C(=O)NCc1ccccn1)N(Cc1ccc(F)cc1)C(=O)COc1ccccc1Cl. The van der Waals surface area contributed by atoms with Crippen LogP contribution in [-0.4, -0.2) is 34.3 Å². The van der Waals surface area contributed by atoms with Crippen molar-refractivity contribution in [3.8, 4) is 5.75 Å². The Kier molecular flexibility index (Phi) is 8.16. The van der Waals surface area contributed by atoms with E-state index in [1.807, 2.05) is 6.07 Å². The van der Waals surface area contributed by atoms with Crippen LogP contribution in [0.2, 0.25) is 5.02 Å². The molecule has 3 aromatic rings. The number of hydrogen-bond donors (Lipinski definition) is 1. The molecular formula is C24H23ClFN3O3. The predicted molar refractivity (Wildman–Crippen MR) is 119 cm³/mol. The van der Waals surface area contributed by atoms with Gasteiger partial charge in [0.15, 0.2) is 6.61 Å². The fraction of sp³-hybridized carbons (Fsp3) is 0.208. The molecule has 3 rings (SSSR count). The summed E-state index contributed by atoms with van der Waals surface area (Å²) in [7, 11) is 0. The van der Waals surface area contributed by atoms with Crippen LogP contribution in [-0.2, 0) is 22.7 Å². The van der Waals surface area contributed by atoms with Gasteiger partial charge >= 0.3 is 0 Å². The normalized spacial score (nSPS) is 11.5. The standard InChI is InChI=1S/C24H23ClFN3O3/c1-17(24(31)28-14-20-6-4-5-13-27-20)29(15-18-9-11-19(26)12-10-18)23(30)16-32-22-8-3-2-7-21(22)25/h2-13,17H,14-16H2,1H3,(H,28,31). The minimum Gasteiger partial charge on any atom is -0.482 e. The Morgan fingerprint density at radius 3 is 2.50 bits per heavy atom. The zero-order valence-electron chi connectivity index (χ0n) is 17.5. The zero-order valence-corrected chi connectivity index (χ0v) is 18.3. The summed E-state index contributed by atoms with van der Waals surface area (Å²) in [4.78, 5) is 31.4. The van der Waals surface area contributed by atoms with Crippen molar-refractivity contribution in [2.75, 3.05) is 6.61 Å². The van der Waals surface area contributed by atoms with Crippen LogP contribution in [0.1, 0.15) is 18.2 Å². The Hall–Kier alpha value is -3.45. The summed E-state index contributed by atoms with van der Waals surface area (Å²) in [6, 6.07) is 17.2. The van der Waals surface area contributed by atoms with E-state index in [1.165, 1.54) is 17.0 Å². The van der Waals surface area contributed by atoms with Crippen molar-refractivity contribution in [1.82, 2.24) is 15.2 Å². The van der Waals surface area contributed by atoms with Crippen molar-refractivity contribution >= 4 is 23.4 Å². The average molecular weight is 456 g/mol. The molecule has 0 aliphatic carbocycles. The summed E-state index contributed by atoms with van der Waals surface area (Å²) in [5, 5.41) is 3.18. The molecule has 0 fully saturated rings.